The van der Waals surface area contributed by atoms with Gasteiger partial charge in [0.05, 0.1) is 0 Å². The van der Waals surface area contributed by atoms with Crippen LogP contribution in [-0.4, -0.2) is 11.4 Å². The van der Waals surface area contributed by atoms with Gasteiger partial charge in [-0.15, -0.1) is 0 Å². The lowest BCUT2D eigenvalue weighted by atomic mass is 10.0. The van der Waals surface area contributed by atoms with Crippen LogP contribution in [0.5, 0.6) is 0 Å². The molecule has 3 heteroatoms. The first kappa shape index (κ1) is 14.2. The number of aryl methyl sites for hydroxylation is 1. The van der Waals surface area contributed by atoms with Gasteiger partial charge in [-0.25, -0.2) is 8.78 Å². The average molecular weight is 287 g/mol. The number of hydrogen-bond donors (Lipinski definition) is 0. The van der Waals surface area contributed by atoms with Gasteiger partial charge < -0.3 is 0 Å². The lowest BCUT2D eigenvalue weighted by molar-refractivity contribution is 0.248. The van der Waals surface area contributed by atoms with Crippen LogP contribution in [-0.2, 0) is 6.54 Å². The zero-order valence-corrected chi connectivity index (χ0v) is 12.2. The molecule has 0 bridgehead atoms. The molecule has 1 atom stereocenters. The second-order valence-electron chi connectivity index (χ2n) is 5.79. The Bertz CT molecular complexity index is 639. The van der Waals surface area contributed by atoms with E-state index >= 15 is 0 Å². The summed E-state index contributed by atoms with van der Waals surface area (Å²) in [5.74, 6) is -1.55. The highest BCUT2D eigenvalue weighted by molar-refractivity contribution is 5.26. The zero-order chi connectivity index (χ0) is 14.8. The molecular formula is C18H19F2N. The van der Waals surface area contributed by atoms with Crippen LogP contribution in [0.1, 0.15) is 35.6 Å². The molecule has 0 unspecified atom stereocenters. The monoisotopic (exact) mass is 287 g/mol. The molecular weight excluding hydrogens is 268 g/mol. The van der Waals surface area contributed by atoms with E-state index in [2.05, 4.69) is 36.1 Å². The molecule has 0 amide bonds. The second kappa shape index (κ2) is 5.94. The summed E-state index contributed by atoms with van der Waals surface area (Å²) < 4.78 is 26.3. The third kappa shape index (κ3) is 3.13. The van der Waals surface area contributed by atoms with E-state index in [1.807, 2.05) is 0 Å². The number of nitrogens with zero attached hydrogens (tertiary/aromatic N) is 1. The number of benzene rings is 2. The molecule has 0 aromatic heterocycles. The van der Waals surface area contributed by atoms with Crippen LogP contribution in [0.3, 0.4) is 0 Å². The van der Waals surface area contributed by atoms with Crippen LogP contribution in [0.4, 0.5) is 8.78 Å². The fraction of sp³-hybridized carbons (Fsp3) is 0.333. The molecule has 1 heterocycles. The molecule has 1 aliphatic rings. The number of rotatable bonds is 3. The molecule has 0 radical (unpaired) electrons. The standard InChI is InChI=1S/C18H19F2N/c1-13-4-2-5-15(10-13)18-6-3-9-21(18)12-14-7-8-16(19)17(20)11-14/h2,4-5,7-8,10-11,18H,3,6,9,12H2,1H3/t18-/m0/s1. The van der Waals surface area contributed by atoms with Crippen molar-refractivity contribution in [1.29, 1.82) is 0 Å². The summed E-state index contributed by atoms with van der Waals surface area (Å²) in [7, 11) is 0. The molecule has 2 aromatic carbocycles. The minimum atomic E-state index is -0.782. The van der Waals surface area contributed by atoms with E-state index in [1.165, 1.54) is 23.3 Å². The summed E-state index contributed by atoms with van der Waals surface area (Å²) in [5, 5.41) is 0. The maximum absolute atomic E-state index is 13.3. The van der Waals surface area contributed by atoms with Crippen molar-refractivity contribution in [2.75, 3.05) is 6.54 Å². The topological polar surface area (TPSA) is 3.24 Å². The quantitative estimate of drug-likeness (QED) is 0.797. The highest BCUT2D eigenvalue weighted by Crippen LogP contribution is 2.33. The van der Waals surface area contributed by atoms with E-state index in [0.29, 0.717) is 12.6 Å². The van der Waals surface area contributed by atoms with Crippen LogP contribution in [0, 0.1) is 18.6 Å². The first-order valence-corrected chi connectivity index (χ1v) is 7.38. The van der Waals surface area contributed by atoms with E-state index in [9.17, 15) is 8.78 Å². The summed E-state index contributed by atoms with van der Waals surface area (Å²) >= 11 is 0. The smallest absolute Gasteiger partial charge is 0.159 e. The molecule has 1 fully saturated rings. The summed E-state index contributed by atoms with van der Waals surface area (Å²) in [6.07, 6.45) is 2.26. The van der Waals surface area contributed by atoms with Gasteiger partial charge >= 0.3 is 0 Å². The second-order valence-corrected chi connectivity index (χ2v) is 5.79. The maximum atomic E-state index is 13.3. The molecule has 0 aliphatic carbocycles. The summed E-state index contributed by atoms with van der Waals surface area (Å²) in [4.78, 5) is 2.35. The third-order valence-corrected chi connectivity index (χ3v) is 4.16. The summed E-state index contributed by atoms with van der Waals surface area (Å²) in [6, 6.07) is 13.1. The van der Waals surface area contributed by atoms with Crippen molar-refractivity contribution in [1.82, 2.24) is 4.90 Å². The molecule has 1 aliphatic heterocycles. The van der Waals surface area contributed by atoms with Crippen LogP contribution in [0.25, 0.3) is 0 Å². The molecule has 3 rings (SSSR count). The Balaban J connectivity index is 1.79. The van der Waals surface area contributed by atoms with Crippen molar-refractivity contribution in [2.45, 2.75) is 32.4 Å². The van der Waals surface area contributed by atoms with Crippen molar-refractivity contribution in [3.05, 3.63) is 70.8 Å². The SMILES string of the molecule is Cc1cccc([C@@H]2CCCN2Cc2ccc(F)c(F)c2)c1. The molecule has 1 saturated heterocycles. The van der Waals surface area contributed by atoms with Gasteiger partial charge in [0, 0.05) is 12.6 Å². The first-order chi connectivity index (χ1) is 10.1. The highest BCUT2D eigenvalue weighted by Gasteiger charge is 2.26. The van der Waals surface area contributed by atoms with Gasteiger partial charge in [0.1, 0.15) is 0 Å². The molecule has 2 aromatic rings. The molecule has 110 valence electrons. The van der Waals surface area contributed by atoms with Crippen molar-refractivity contribution in [3.8, 4) is 0 Å². The normalized spacial score (nSPS) is 19.1. The Kier molecular flexibility index (Phi) is 4.02. The lowest BCUT2D eigenvalue weighted by Crippen LogP contribution is -2.22. The van der Waals surface area contributed by atoms with E-state index in [4.69, 9.17) is 0 Å². The molecule has 1 nitrogen and oxygen atoms in total. The van der Waals surface area contributed by atoms with Crippen molar-refractivity contribution >= 4 is 0 Å². The minimum absolute atomic E-state index is 0.373. The minimum Gasteiger partial charge on any atom is -0.292 e. The fourth-order valence-corrected chi connectivity index (χ4v) is 3.14. The zero-order valence-electron chi connectivity index (χ0n) is 12.2. The van der Waals surface area contributed by atoms with Crippen molar-refractivity contribution < 1.29 is 8.78 Å². The van der Waals surface area contributed by atoms with Crippen molar-refractivity contribution in [3.63, 3.8) is 0 Å². The van der Waals surface area contributed by atoms with Gasteiger partial charge in [-0.2, -0.15) is 0 Å². The predicted molar refractivity (Wildman–Crippen MR) is 79.9 cm³/mol. The van der Waals surface area contributed by atoms with Gasteiger partial charge in [-0.05, 0) is 49.6 Å². The lowest BCUT2D eigenvalue weighted by Gasteiger charge is -2.25. The Morgan fingerprint density at radius 3 is 2.71 bits per heavy atom. The van der Waals surface area contributed by atoms with E-state index in [-0.39, 0.29) is 0 Å². The Hall–Kier alpha value is -1.74. The first-order valence-electron chi connectivity index (χ1n) is 7.38. The van der Waals surface area contributed by atoms with E-state index in [1.54, 1.807) is 6.07 Å². The fourth-order valence-electron chi connectivity index (χ4n) is 3.14. The van der Waals surface area contributed by atoms with Gasteiger partial charge in [-0.1, -0.05) is 35.9 Å². The third-order valence-electron chi connectivity index (χ3n) is 4.16. The maximum Gasteiger partial charge on any atom is 0.159 e. The van der Waals surface area contributed by atoms with Crippen LogP contribution in [0.15, 0.2) is 42.5 Å². The Morgan fingerprint density at radius 1 is 1.10 bits per heavy atom. The van der Waals surface area contributed by atoms with Gasteiger partial charge in [0.25, 0.3) is 0 Å². The highest BCUT2D eigenvalue weighted by atomic mass is 19.2. The van der Waals surface area contributed by atoms with Crippen LogP contribution >= 0.6 is 0 Å². The van der Waals surface area contributed by atoms with Crippen LogP contribution in [0.2, 0.25) is 0 Å². The number of hydrogen-bond acceptors (Lipinski definition) is 1. The summed E-state index contributed by atoms with van der Waals surface area (Å²) in [5.41, 5.74) is 3.40. The molecule has 0 spiro atoms. The number of likely N-dealkylation sites (tertiary alicyclic amines) is 1. The van der Waals surface area contributed by atoms with Crippen LogP contribution < -0.4 is 0 Å². The number of halogens is 2. The van der Waals surface area contributed by atoms with E-state index < -0.39 is 11.6 Å². The Morgan fingerprint density at radius 2 is 1.95 bits per heavy atom. The molecule has 0 N–H and O–H groups in total. The average Bonchev–Trinajstić information content (AvgIpc) is 2.91. The van der Waals surface area contributed by atoms with Gasteiger partial charge in [0.15, 0.2) is 11.6 Å². The predicted octanol–water partition coefficient (Wildman–Crippen LogP) is 4.61. The van der Waals surface area contributed by atoms with Gasteiger partial charge in [-0.3, -0.25) is 4.90 Å². The van der Waals surface area contributed by atoms with E-state index in [0.717, 1.165) is 24.9 Å². The Labute approximate surface area is 124 Å². The molecule has 21 heavy (non-hydrogen) atoms. The largest absolute Gasteiger partial charge is 0.292 e. The van der Waals surface area contributed by atoms with Crippen molar-refractivity contribution in [2.24, 2.45) is 0 Å². The summed E-state index contributed by atoms with van der Waals surface area (Å²) in [6.45, 7) is 3.76. The molecule has 0 saturated carbocycles. The van der Waals surface area contributed by atoms with Gasteiger partial charge in [0.2, 0.25) is 0 Å².